The maximum absolute atomic E-state index is 11.5. The Morgan fingerprint density at radius 2 is 2.18 bits per heavy atom. The summed E-state index contributed by atoms with van der Waals surface area (Å²) in [5.41, 5.74) is 1.63. The van der Waals surface area contributed by atoms with Crippen molar-refractivity contribution in [2.24, 2.45) is 11.8 Å². The second-order valence-corrected chi connectivity index (χ2v) is 8.76. The zero-order valence-electron chi connectivity index (χ0n) is 19.3. The summed E-state index contributed by atoms with van der Waals surface area (Å²) in [4.78, 5) is 18.1. The van der Waals surface area contributed by atoms with Gasteiger partial charge in [-0.25, -0.2) is 0 Å². The van der Waals surface area contributed by atoms with E-state index in [-0.39, 0.29) is 18.3 Å². The van der Waals surface area contributed by atoms with Crippen LogP contribution in [-0.2, 0) is 4.79 Å². The number of methoxy groups -OCH3 is 1. The first-order chi connectivity index (χ1) is 16.5. The highest BCUT2D eigenvalue weighted by Gasteiger charge is 2.31. The van der Waals surface area contributed by atoms with Gasteiger partial charge in [0.1, 0.15) is 5.75 Å². The molecule has 0 radical (unpaired) electrons. The van der Waals surface area contributed by atoms with Gasteiger partial charge in [-0.2, -0.15) is 9.78 Å². The third kappa shape index (κ3) is 5.93. The third-order valence-electron chi connectivity index (χ3n) is 6.57. The number of pyridine rings is 1. The number of hydrogen-bond donors (Lipinski definition) is 2. The van der Waals surface area contributed by atoms with Crippen molar-refractivity contribution < 1.29 is 19.7 Å². The van der Waals surface area contributed by atoms with Crippen molar-refractivity contribution in [1.82, 2.24) is 19.7 Å². The number of aliphatic hydroxyl groups excluding tert-OH is 1. The molecule has 0 bridgehead atoms. The molecule has 3 aromatic rings. The van der Waals surface area contributed by atoms with Crippen LogP contribution in [0.5, 0.6) is 5.75 Å². The zero-order chi connectivity index (χ0) is 23.9. The number of piperidine rings is 1. The molecule has 1 aromatic carbocycles. The highest BCUT2D eigenvalue weighted by Crippen LogP contribution is 2.34. The minimum atomic E-state index is -0.785. The van der Waals surface area contributed by atoms with Gasteiger partial charge >= 0.3 is 5.97 Å². The van der Waals surface area contributed by atoms with Gasteiger partial charge in [-0.15, -0.1) is 0 Å². The lowest BCUT2D eigenvalue weighted by molar-refractivity contribution is -0.139. The van der Waals surface area contributed by atoms with Gasteiger partial charge in [-0.3, -0.25) is 14.7 Å². The van der Waals surface area contributed by atoms with Crippen LogP contribution >= 0.6 is 0 Å². The quantitative estimate of drug-likeness (QED) is 0.496. The second kappa shape index (κ2) is 11.1. The van der Waals surface area contributed by atoms with Crippen molar-refractivity contribution in [1.29, 1.82) is 0 Å². The number of aliphatic carboxylic acids is 1. The summed E-state index contributed by atoms with van der Waals surface area (Å²) in [6, 6.07) is 12.3. The number of fused-ring (bicyclic) bond motifs is 1. The van der Waals surface area contributed by atoms with Crippen LogP contribution in [0.2, 0.25) is 0 Å². The van der Waals surface area contributed by atoms with Gasteiger partial charge < -0.3 is 14.9 Å². The largest absolute Gasteiger partial charge is 0.497 e. The smallest absolute Gasteiger partial charge is 0.303 e. The van der Waals surface area contributed by atoms with Gasteiger partial charge in [0.25, 0.3) is 0 Å². The van der Waals surface area contributed by atoms with E-state index in [2.05, 4.69) is 26.9 Å². The Hall–Kier alpha value is -3.41. The molecule has 1 saturated heterocycles. The molecular weight excluding hydrogens is 432 g/mol. The van der Waals surface area contributed by atoms with E-state index in [1.54, 1.807) is 30.4 Å². The minimum Gasteiger partial charge on any atom is -0.497 e. The summed E-state index contributed by atoms with van der Waals surface area (Å²) in [6.07, 6.45) is 6.88. The molecule has 1 fully saturated rings. The highest BCUT2D eigenvalue weighted by molar-refractivity contribution is 5.83. The monoisotopic (exact) mass is 462 g/mol. The molecule has 178 valence electrons. The molecule has 1 aliphatic heterocycles. The molecule has 2 N–H and O–H groups in total. The lowest BCUT2D eigenvalue weighted by Crippen LogP contribution is -2.41. The van der Waals surface area contributed by atoms with Crippen molar-refractivity contribution in [3.63, 3.8) is 0 Å². The fraction of sp³-hybridized carbons (Fsp3) is 0.423. The molecule has 8 heteroatoms. The summed E-state index contributed by atoms with van der Waals surface area (Å²) in [5.74, 6) is 3.32. The molecule has 0 amide bonds. The zero-order valence-corrected chi connectivity index (χ0v) is 19.3. The van der Waals surface area contributed by atoms with Gasteiger partial charge in [0.15, 0.2) is 0 Å². The first kappa shape index (κ1) is 23.7. The predicted molar refractivity (Wildman–Crippen MR) is 128 cm³/mol. The summed E-state index contributed by atoms with van der Waals surface area (Å²) in [5, 5.41) is 25.4. The number of carboxylic acids is 1. The molecule has 8 nitrogen and oxygen atoms in total. The number of ether oxygens (including phenoxy) is 1. The van der Waals surface area contributed by atoms with Gasteiger partial charge in [-0.05, 0) is 73.5 Å². The van der Waals surface area contributed by atoms with E-state index in [1.165, 1.54) is 0 Å². The third-order valence-corrected chi connectivity index (χ3v) is 6.57. The van der Waals surface area contributed by atoms with Crippen molar-refractivity contribution in [2.45, 2.75) is 31.8 Å². The summed E-state index contributed by atoms with van der Waals surface area (Å²) in [6.45, 7) is 2.13. The average Bonchev–Trinajstić information content (AvgIpc) is 3.36. The summed E-state index contributed by atoms with van der Waals surface area (Å²) < 4.78 is 6.91. The molecule has 0 spiro atoms. The van der Waals surface area contributed by atoms with Crippen molar-refractivity contribution in [2.75, 3.05) is 26.7 Å². The average molecular weight is 463 g/mol. The van der Waals surface area contributed by atoms with Crippen LogP contribution in [0.3, 0.4) is 0 Å². The van der Waals surface area contributed by atoms with Crippen LogP contribution in [-0.4, -0.2) is 62.6 Å². The van der Waals surface area contributed by atoms with E-state index < -0.39 is 12.1 Å². The Morgan fingerprint density at radius 1 is 1.29 bits per heavy atom. The number of nitrogens with zero attached hydrogens (tertiary/aromatic N) is 4. The van der Waals surface area contributed by atoms with E-state index in [0.29, 0.717) is 19.5 Å². The molecule has 1 unspecified atom stereocenters. The number of rotatable bonds is 8. The summed E-state index contributed by atoms with van der Waals surface area (Å²) in [7, 11) is 1.62. The number of benzene rings is 1. The van der Waals surface area contributed by atoms with Gasteiger partial charge in [-0.1, -0.05) is 5.92 Å². The maximum atomic E-state index is 11.5. The van der Waals surface area contributed by atoms with Crippen LogP contribution in [0, 0.1) is 23.8 Å². The van der Waals surface area contributed by atoms with Crippen molar-refractivity contribution in [3.05, 3.63) is 54.5 Å². The van der Waals surface area contributed by atoms with Crippen LogP contribution in [0.4, 0.5) is 0 Å². The molecule has 3 heterocycles. The van der Waals surface area contributed by atoms with Gasteiger partial charge in [0.05, 0.1) is 31.5 Å². The van der Waals surface area contributed by atoms with E-state index >= 15 is 0 Å². The van der Waals surface area contributed by atoms with Gasteiger partial charge in [0.2, 0.25) is 0 Å². The SMILES string of the molecule is COc1ccc2nccc(C(O)CC[C@@H]3CCN(CC#Cn4cccn4)C[C@@H]3CC(=O)O)c2c1. The van der Waals surface area contributed by atoms with Crippen LogP contribution < -0.4 is 4.74 Å². The topological polar surface area (TPSA) is 101 Å². The van der Waals surface area contributed by atoms with Crippen LogP contribution in [0.1, 0.15) is 37.4 Å². The Balaban J connectivity index is 1.39. The summed E-state index contributed by atoms with van der Waals surface area (Å²) >= 11 is 0. The number of likely N-dealkylation sites (tertiary alicyclic amines) is 1. The fourth-order valence-corrected chi connectivity index (χ4v) is 4.79. The number of hydrogen-bond acceptors (Lipinski definition) is 6. The van der Waals surface area contributed by atoms with E-state index in [9.17, 15) is 15.0 Å². The van der Waals surface area contributed by atoms with Gasteiger partial charge in [0, 0.05) is 36.8 Å². The maximum Gasteiger partial charge on any atom is 0.303 e. The number of carboxylic acid groups (broad SMARTS) is 1. The Morgan fingerprint density at radius 3 is 2.94 bits per heavy atom. The standard InChI is InChI=1S/C26H30N4O4/c1-34-21-5-6-24-23(17-21)22(8-11-27-24)25(31)7-4-19-9-15-29(18-20(19)16-26(32)33)12-3-14-30-13-2-10-28-30/h2,5-6,8,10-11,13,17,19-20,25,31H,4,7,9,12,15-16,18H2,1H3,(H,32,33)/t19-,20+,25?/m1/s1. The second-order valence-electron chi connectivity index (χ2n) is 8.76. The molecule has 4 rings (SSSR count). The Bertz CT molecular complexity index is 1170. The molecule has 3 atom stereocenters. The molecule has 0 aliphatic carbocycles. The predicted octanol–water partition coefficient (Wildman–Crippen LogP) is 3.18. The highest BCUT2D eigenvalue weighted by atomic mass is 16.5. The number of aliphatic hydroxyl groups is 1. The molecule has 1 aliphatic rings. The molecular formula is C26H30N4O4. The van der Waals surface area contributed by atoms with E-state index in [0.717, 1.165) is 41.6 Å². The van der Waals surface area contributed by atoms with E-state index in [1.807, 2.05) is 30.3 Å². The normalized spacial score (nSPS) is 19.4. The van der Waals surface area contributed by atoms with E-state index in [4.69, 9.17) is 4.74 Å². The lowest BCUT2D eigenvalue weighted by atomic mass is 9.79. The Labute approximate surface area is 199 Å². The molecule has 0 saturated carbocycles. The first-order valence-electron chi connectivity index (χ1n) is 11.6. The number of carbonyl (C=O) groups is 1. The molecule has 2 aromatic heterocycles. The molecule has 34 heavy (non-hydrogen) atoms. The first-order valence-corrected chi connectivity index (χ1v) is 11.6. The fourth-order valence-electron chi connectivity index (χ4n) is 4.79. The van der Waals surface area contributed by atoms with Crippen molar-refractivity contribution >= 4 is 16.9 Å². The minimum absolute atomic E-state index is 0.0271. The van der Waals surface area contributed by atoms with Crippen LogP contribution in [0.15, 0.2) is 48.9 Å². The lowest BCUT2D eigenvalue weighted by Gasteiger charge is -2.37. The van der Waals surface area contributed by atoms with Crippen LogP contribution in [0.25, 0.3) is 10.9 Å². The Kier molecular flexibility index (Phi) is 7.78. The number of aromatic nitrogens is 3. The van der Waals surface area contributed by atoms with Crippen molar-refractivity contribution in [3.8, 4) is 17.7 Å².